The predicted molar refractivity (Wildman–Crippen MR) is 77.8 cm³/mol. The molecule has 0 aliphatic rings. The number of aliphatic hydroxyl groups is 1. The van der Waals surface area contributed by atoms with Crippen LogP contribution in [0.4, 0.5) is 0 Å². The number of aliphatic hydroxyl groups excluding tert-OH is 1. The normalized spacial score (nSPS) is 12.8. The van der Waals surface area contributed by atoms with Gasteiger partial charge in [0.05, 0.1) is 0 Å². The molecule has 0 aliphatic heterocycles. The van der Waals surface area contributed by atoms with E-state index in [1.165, 1.54) is 0 Å². The summed E-state index contributed by atoms with van der Waals surface area (Å²) in [4.78, 5) is 0. The zero-order valence-electron chi connectivity index (χ0n) is 13.8. The van der Waals surface area contributed by atoms with Gasteiger partial charge in [-0.2, -0.15) is 0 Å². The van der Waals surface area contributed by atoms with Gasteiger partial charge in [0, 0.05) is 6.61 Å². The maximum Gasteiger partial charge on any atom is 3.00 e. The van der Waals surface area contributed by atoms with Crippen molar-refractivity contribution >= 4 is 17.4 Å². The molecule has 0 fully saturated rings. The zero-order chi connectivity index (χ0) is 15.6. The van der Waals surface area contributed by atoms with Crippen molar-refractivity contribution in [3.8, 4) is 0 Å². The van der Waals surface area contributed by atoms with Crippen LogP contribution < -0.4 is 15.3 Å². The second-order valence-corrected chi connectivity index (χ2v) is 3.97. The number of hydrogen-bond donors (Lipinski definition) is 1. The predicted octanol–water partition coefficient (Wildman–Crippen LogP) is 0.0534. The fraction of sp³-hybridized carbons (Fsp3) is 1.00. The summed E-state index contributed by atoms with van der Waals surface area (Å²) in [7, 11) is 0. The van der Waals surface area contributed by atoms with Crippen molar-refractivity contribution in [3.05, 3.63) is 0 Å². The van der Waals surface area contributed by atoms with Crippen LogP contribution >= 0.6 is 0 Å². The summed E-state index contributed by atoms with van der Waals surface area (Å²) in [5.74, 6) is 0. The van der Waals surface area contributed by atoms with E-state index in [0.717, 1.165) is 19.3 Å². The summed E-state index contributed by atoms with van der Waals surface area (Å²) in [5.41, 5.74) is 0. The number of rotatable bonds is 3. The number of hydrogen-bond acceptors (Lipinski definition) is 4. The average molecular weight is 292 g/mol. The van der Waals surface area contributed by atoms with Crippen molar-refractivity contribution < 1.29 is 20.4 Å². The first-order valence-electron chi connectivity index (χ1n) is 6.81. The van der Waals surface area contributed by atoms with E-state index in [2.05, 4.69) is 0 Å². The summed E-state index contributed by atoms with van der Waals surface area (Å²) in [6.45, 7) is 12.6. The smallest absolute Gasteiger partial charge is 0.852 e. The Morgan fingerprint density at radius 2 is 0.737 bits per heavy atom. The third kappa shape index (κ3) is 121. The van der Waals surface area contributed by atoms with Gasteiger partial charge >= 0.3 is 17.4 Å². The Morgan fingerprint density at radius 1 is 0.684 bits per heavy atom. The molecule has 0 saturated heterocycles. The van der Waals surface area contributed by atoms with Gasteiger partial charge in [0.2, 0.25) is 0 Å². The van der Waals surface area contributed by atoms with Gasteiger partial charge in [-0.25, -0.2) is 0 Å². The zero-order valence-corrected chi connectivity index (χ0v) is 15.0. The van der Waals surface area contributed by atoms with Crippen LogP contribution in [0.15, 0.2) is 0 Å². The molecule has 116 valence electrons. The quantitative estimate of drug-likeness (QED) is 0.745. The third-order valence-electron chi connectivity index (χ3n) is 1.72. The van der Waals surface area contributed by atoms with Gasteiger partial charge in [-0.1, -0.05) is 60.8 Å². The summed E-state index contributed by atoms with van der Waals surface area (Å²) >= 11 is 0. The molecule has 0 aromatic carbocycles. The van der Waals surface area contributed by atoms with Crippen LogP contribution in [0.2, 0.25) is 0 Å². The Hall–Kier alpha value is 0.372. The average Bonchev–Trinajstić information content (AvgIpc) is 2.31. The van der Waals surface area contributed by atoms with Gasteiger partial charge in [0.15, 0.2) is 0 Å². The van der Waals surface area contributed by atoms with Crippen molar-refractivity contribution in [3.63, 3.8) is 0 Å². The van der Waals surface area contributed by atoms with Crippen molar-refractivity contribution in [2.45, 2.75) is 86.0 Å². The maximum atomic E-state index is 9.90. The van der Waals surface area contributed by atoms with Crippen LogP contribution in [0, 0.1) is 0 Å². The van der Waals surface area contributed by atoms with Gasteiger partial charge in [-0.05, 0) is 6.92 Å². The summed E-state index contributed by atoms with van der Waals surface area (Å²) < 4.78 is 0. The standard InChI is InChI=1S/3C4H9O.C2H6O.Al/c3*1-3-4(2)5;1-2-3;/h3*4H,3H2,1-2H3;3H,2H2,1H3;/q3*-1;;+3. The van der Waals surface area contributed by atoms with Gasteiger partial charge in [0.1, 0.15) is 0 Å². The second-order valence-electron chi connectivity index (χ2n) is 3.97. The van der Waals surface area contributed by atoms with Crippen LogP contribution in [-0.2, 0) is 0 Å². The van der Waals surface area contributed by atoms with E-state index in [1.807, 2.05) is 20.8 Å². The molecular weight excluding hydrogens is 259 g/mol. The second kappa shape index (κ2) is 31.0. The van der Waals surface area contributed by atoms with Crippen molar-refractivity contribution in [2.75, 3.05) is 6.61 Å². The van der Waals surface area contributed by atoms with Gasteiger partial charge < -0.3 is 20.4 Å². The van der Waals surface area contributed by atoms with E-state index < -0.39 is 0 Å². The molecule has 0 radical (unpaired) electrons. The Morgan fingerprint density at radius 3 is 0.737 bits per heavy atom. The van der Waals surface area contributed by atoms with Crippen molar-refractivity contribution in [2.24, 2.45) is 0 Å². The molecule has 0 rings (SSSR count). The molecule has 3 unspecified atom stereocenters. The topological polar surface area (TPSA) is 89.4 Å². The summed E-state index contributed by atoms with van der Waals surface area (Å²) in [5, 5.41) is 37.3. The Kier molecular flexibility index (Phi) is 51.7. The molecule has 0 heterocycles. The monoisotopic (exact) mass is 292 g/mol. The maximum absolute atomic E-state index is 9.90. The molecule has 0 bridgehead atoms. The first-order chi connectivity index (χ1) is 8.22. The SMILES string of the molecule is CCC(C)[O-].CCC(C)[O-].CCC(C)[O-].CCO.[Al+3]. The van der Waals surface area contributed by atoms with E-state index in [-0.39, 0.29) is 42.3 Å². The summed E-state index contributed by atoms with van der Waals surface area (Å²) in [6.07, 6.45) is 1.15. The molecule has 0 amide bonds. The van der Waals surface area contributed by atoms with Gasteiger partial charge in [-0.15, -0.1) is 18.3 Å². The molecule has 3 atom stereocenters. The van der Waals surface area contributed by atoms with Crippen LogP contribution in [0.25, 0.3) is 0 Å². The van der Waals surface area contributed by atoms with Crippen LogP contribution in [0.5, 0.6) is 0 Å². The molecular formula is C14H33AlO4. The molecule has 1 N–H and O–H groups in total. The van der Waals surface area contributed by atoms with E-state index in [1.54, 1.807) is 27.7 Å². The molecule has 4 nitrogen and oxygen atoms in total. The molecule has 19 heavy (non-hydrogen) atoms. The Bertz CT molecular complexity index is 90.6. The van der Waals surface area contributed by atoms with E-state index in [0.29, 0.717) is 0 Å². The minimum atomic E-state index is -0.366. The Labute approximate surface area is 131 Å². The molecule has 0 saturated carbocycles. The van der Waals surface area contributed by atoms with E-state index in [4.69, 9.17) is 5.11 Å². The van der Waals surface area contributed by atoms with Gasteiger partial charge in [-0.3, -0.25) is 0 Å². The Balaban J connectivity index is -0.0000000458. The van der Waals surface area contributed by atoms with Crippen LogP contribution in [-0.4, -0.2) is 47.4 Å². The van der Waals surface area contributed by atoms with Crippen molar-refractivity contribution in [1.82, 2.24) is 0 Å². The van der Waals surface area contributed by atoms with Crippen LogP contribution in [0.3, 0.4) is 0 Å². The minimum Gasteiger partial charge on any atom is -0.852 e. The largest absolute Gasteiger partial charge is 3.00 e. The van der Waals surface area contributed by atoms with Crippen molar-refractivity contribution in [1.29, 1.82) is 0 Å². The molecule has 0 spiro atoms. The van der Waals surface area contributed by atoms with E-state index >= 15 is 0 Å². The molecule has 0 aliphatic carbocycles. The van der Waals surface area contributed by atoms with Gasteiger partial charge in [0.25, 0.3) is 0 Å². The fourth-order valence-corrected chi connectivity index (χ4v) is 0. The first-order valence-corrected chi connectivity index (χ1v) is 6.81. The third-order valence-corrected chi connectivity index (χ3v) is 1.72. The fourth-order valence-electron chi connectivity index (χ4n) is 0. The van der Waals surface area contributed by atoms with Crippen LogP contribution in [0.1, 0.15) is 67.7 Å². The molecule has 0 aromatic rings. The minimum absolute atomic E-state index is 0. The summed E-state index contributed by atoms with van der Waals surface area (Å²) in [6, 6.07) is 0. The molecule has 5 heteroatoms. The molecule has 0 aromatic heterocycles. The first kappa shape index (κ1) is 31.7. The van der Waals surface area contributed by atoms with E-state index in [9.17, 15) is 15.3 Å².